The van der Waals surface area contributed by atoms with Crippen LogP contribution < -0.4 is 5.73 Å². The normalized spacial score (nSPS) is 18.5. The maximum absolute atomic E-state index is 13.3. The summed E-state index contributed by atoms with van der Waals surface area (Å²) < 4.78 is 39.9. The van der Waals surface area contributed by atoms with E-state index in [1.807, 2.05) is 0 Å². The molecule has 7 heteroatoms. The minimum absolute atomic E-state index is 0.112. The molecule has 2 rings (SSSR count). The van der Waals surface area contributed by atoms with Gasteiger partial charge in [-0.15, -0.1) is 0 Å². The largest absolute Gasteiger partial charge is 0.396 e. The number of nitrogen functional groups attached to an aromatic ring is 1. The maximum atomic E-state index is 13.3. The molecule has 0 unspecified atom stereocenters. The summed E-state index contributed by atoms with van der Waals surface area (Å²) in [6.07, 6.45) is 4.83. The van der Waals surface area contributed by atoms with Crippen molar-refractivity contribution < 1.29 is 12.8 Å². The van der Waals surface area contributed by atoms with E-state index in [1.54, 1.807) is 0 Å². The number of halogens is 2. The zero-order valence-corrected chi connectivity index (χ0v) is 12.7. The fraction of sp³-hybridized carbons (Fsp3) is 0.538. The van der Waals surface area contributed by atoms with E-state index < -0.39 is 15.8 Å². The molecule has 0 spiro atoms. The number of rotatable bonds is 2. The molecule has 0 aliphatic carbocycles. The van der Waals surface area contributed by atoms with Gasteiger partial charge in [0, 0.05) is 13.1 Å². The molecule has 0 radical (unpaired) electrons. The van der Waals surface area contributed by atoms with Crippen LogP contribution in [0.4, 0.5) is 10.1 Å². The summed E-state index contributed by atoms with van der Waals surface area (Å²) in [5.41, 5.74) is 5.25. The lowest BCUT2D eigenvalue weighted by molar-refractivity contribution is 0.364. The number of nitrogens with two attached hydrogens (primary N) is 1. The minimum atomic E-state index is -3.72. The van der Waals surface area contributed by atoms with Crippen LogP contribution in [0.3, 0.4) is 0 Å². The van der Waals surface area contributed by atoms with Gasteiger partial charge in [-0.25, -0.2) is 12.8 Å². The third-order valence-electron chi connectivity index (χ3n) is 3.48. The van der Waals surface area contributed by atoms with Crippen LogP contribution in [-0.4, -0.2) is 25.8 Å². The Morgan fingerprint density at radius 2 is 1.65 bits per heavy atom. The first-order valence-corrected chi connectivity index (χ1v) is 8.49. The quantitative estimate of drug-likeness (QED) is 0.852. The summed E-state index contributed by atoms with van der Waals surface area (Å²) in [4.78, 5) is -0.112. The molecule has 0 atom stereocenters. The van der Waals surface area contributed by atoms with E-state index in [9.17, 15) is 12.8 Å². The van der Waals surface area contributed by atoms with Gasteiger partial charge in [-0.2, -0.15) is 4.31 Å². The van der Waals surface area contributed by atoms with Crippen LogP contribution in [0.15, 0.2) is 17.0 Å². The van der Waals surface area contributed by atoms with E-state index in [1.165, 1.54) is 4.31 Å². The molecular weight excluding hydrogens is 303 g/mol. The topological polar surface area (TPSA) is 63.4 Å². The second-order valence-electron chi connectivity index (χ2n) is 4.98. The highest BCUT2D eigenvalue weighted by Crippen LogP contribution is 2.29. The zero-order valence-electron chi connectivity index (χ0n) is 11.1. The van der Waals surface area contributed by atoms with Gasteiger partial charge >= 0.3 is 0 Å². The van der Waals surface area contributed by atoms with Gasteiger partial charge in [0.15, 0.2) is 0 Å². The Labute approximate surface area is 123 Å². The maximum Gasteiger partial charge on any atom is 0.244 e. The van der Waals surface area contributed by atoms with Crippen molar-refractivity contribution in [2.45, 2.75) is 37.0 Å². The van der Waals surface area contributed by atoms with Crippen molar-refractivity contribution in [1.82, 2.24) is 4.31 Å². The SMILES string of the molecule is Nc1cc(S(=O)(=O)N2CCCCCCC2)c(Cl)cc1F. The molecule has 1 aromatic carbocycles. The van der Waals surface area contributed by atoms with Crippen LogP contribution >= 0.6 is 11.6 Å². The third-order valence-corrected chi connectivity index (χ3v) is 5.85. The highest BCUT2D eigenvalue weighted by atomic mass is 35.5. The van der Waals surface area contributed by atoms with Crippen molar-refractivity contribution in [3.8, 4) is 0 Å². The first kappa shape index (κ1) is 15.5. The molecule has 0 aromatic heterocycles. The van der Waals surface area contributed by atoms with Gasteiger partial charge in [0.05, 0.1) is 10.7 Å². The van der Waals surface area contributed by atoms with E-state index in [0.29, 0.717) is 13.1 Å². The Morgan fingerprint density at radius 1 is 1.10 bits per heavy atom. The lowest BCUT2D eigenvalue weighted by Crippen LogP contribution is -2.34. The Bertz CT molecular complexity index is 584. The molecule has 0 saturated carbocycles. The first-order chi connectivity index (χ1) is 9.43. The molecule has 4 nitrogen and oxygen atoms in total. The van der Waals surface area contributed by atoms with E-state index >= 15 is 0 Å². The lowest BCUT2D eigenvalue weighted by atomic mass is 10.1. The van der Waals surface area contributed by atoms with Crippen LogP contribution in [0.1, 0.15) is 32.1 Å². The van der Waals surface area contributed by atoms with Crippen molar-refractivity contribution in [1.29, 1.82) is 0 Å². The molecule has 20 heavy (non-hydrogen) atoms. The van der Waals surface area contributed by atoms with Gasteiger partial charge in [0.1, 0.15) is 10.7 Å². The summed E-state index contributed by atoms with van der Waals surface area (Å²) >= 11 is 5.88. The number of benzene rings is 1. The van der Waals surface area contributed by atoms with Crippen molar-refractivity contribution >= 4 is 27.3 Å². The zero-order chi connectivity index (χ0) is 14.8. The molecule has 112 valence electrons. The first-order valence-electron chi connectivity index (χ1n) is 6.67. The standard InChI is InChI=1S/C13H18ClFN2O2S/c14-10-8-11(15)12(16)9-13(10)20(18,19)17-6-4-2-1-3-5-7-17/h8-9H,1-7,16H2. The summed E-state index contributed by atoms with van der Waals surface area (Å²) in [5.74, 6) is -0.707. The van der Waals surface area contributed by atoms with Gasteiger partial charge in [0.25, 0.3) is 0 Å². The summed E-state index contributed by atoms with van der Waals surface area (Å²) in [6.45, 7) is 0.936. The van der Waals surface area contributed by atoms with Gasteiger partial charge in [-0.3, -0.25) is 0 Å². The smallest absolute Gasteiger partial charge is 0.244 e. The highest BCUT2D eigenvalue weighted by molar-refractivity contribution is 7.89. The van der Waals surface area contributed by atoms with Crippen LogP contribution in [0.2, 0.25) is 5.02 Å². The Kier molecular flexibility index (Phi) is 4.88. The van der Waals surface area contributed by atoms with Gasteiger partial charge in [0.2, 0.25) is 10.0 Å². The Hall–Kier alpha value is -0.850. The van der Waals surface area contributed by atoms with Crippen LogP contribution in [0.25, 0.3) is 0 Å². The predicted octanol–water partition coefficient (Wildman–Crippen LogP) is 3.02. The van der Waals surface area contributed by atoms with E-state index in [0.717, 1.165) is 44.2 Å². The molecular formula is C13H18ClFN2O2S. The highest BCUT2D eigenvalue weighted by Gasteiger charge is 2.27. The van der Waals surface area contributed by atoms with Crippen LogP contribution in [0, 0.1) is 5.82 Å². The van der Waals surface area contributed by atoms with E-state index in [-0.39, 0.29) is 15.6 Å². The van der Waals surface area contributed by atoms with Gasteiger partial charge in [-0.1, -0.05) is 30.9 Å². The Morgan fingerprint density at radius 3 is 2.25 bits per heavy atom. The molecule has 1 heterocycles. The fourth-order valence-corrected chi connectivity index (χ4v) is 4.38. The predicted molar refractivity (Wildman–Crippen MR) is 77.7 cm³/mol. The molecule has 1 aliphatic heterocycles. The number of sulfonamides is 1. The number of nitrogens with zero attached hydrogens (tertiary/aromatic N) is 1. The Balaban J connectivity index is 2.35. The minimum Gasteiger partial charge on any atom is -0.396 e. The fourth-order valence-electron chi connectivity index (χ4n) is 2.34. The molecule has 1 fully saturated rings. The van der Waals surface area contributed by atoms with Crippen LogP contribution in [0.5, 0.6) is 0 Å². The molecule has 0 bridgehead atoms. The van der Waals surface area contributed by atoms with Crippen molar-refractivity contribution in [3.05, 3.63) is 23.0 Å². The lowest BCUT2D eigenvalue weighted by Gasteiger charge is -2.24. The van der Waals surface area contributed by atoms with Crippen molar-refractivity contribution in [2.75, 3.05) is 18.8 Å². The number of anilines is 1. The van der Waals surface area contributed by atoms with Crippen molar-refractivity contribution in [3.63, 3.8) is 0 Å². The number of hydrogen-bond acceptors (Lipinski definition) is 3. The summed E-state index contributed by atoms with van der Waals surface area (Å²) in [7, 11) is -3.72. The van der Waals surface area contributed by atoms with Gasteiger partial charge < -0.3 is 5.73 Å². The molecule has 1 aliphatic rings. The molecule has 1 saturated heterocycles. The van der Waals surface area contributed by atoms with Crippen molar-refractivity contribution in [2.24, 2.45) is 0 Å². The average molecular weight is 321 g/mol. The second-order valence-corrected chi connectivity index (χ2v) is 7.29. The van der Waals surface area contributed by atoms with Gasteiger partial charge in [-0.05, 0) is 25.0 Å². The third kappa shape index (κ3) is 3.24. The second kappa shape index (κ2) is 6.28. The van der Waals surface area contributed by atoms with Crippen LogP contribution in [-0.2, 0) is 10.0 Å². The monoisotopic (exact) mass is 320 g/mol. The molecule has 0 amide bonds. The molecule has 1 aromatic rings. The molecule has 2 N–H and O–H groups in total. The average Bonchev–Trinajstić information content (AvgIpc) is 2.32. The summed E-state index contributed by atoms with van der Waals surface area (Å²) in [6, 6.07) is 2.06. The summed E-state index contributed by atoms with van der Waals surface area (Å²) in [5, 5.41) is -0.126. The van der Waals surface area contributed by atoms with E-state index in [4.69, 9.17) is 17.3 Å². The number of hydrogen-bond donors (Lipinski definition) is 1. The van der Waals surface area contributed by atoms with E-state index in [2.05, 4.69) is 0 Å².